The van der Waals surface area contributed by atoms with Gasteiger partial charge in [0.15, 0.2) is 0 Å². The van der Waals surface area contributed by atoms with Crippen LogP contribution in [0.2, 0.25) is 0 Å². The van der Waals surface area contributed by atoms with E-state index >= 15 is 0 Å². The number of hydrogen-bond donors (Lipinski definition) is 1. The number of nitrogens with two attached hydrogens (primary N) is 1. The van der Waals surface area contributed by atoms with Crippen molar-refractivity contribution in [1.29, 1.82) is 0 Å². The van der Waals surface area contributed by atoms with Gasteiger partial charge in [0.1, 0.15) is 0 Å². The van der Waals surface area contributed by atoms with E-state index in [-0.39, 0.29) is 0 Å². The van der Waals surface area contributed by atoms with Gasteiger partial charge >= 0.3 is 0 Å². The molecule has 1 aliphatic rings. The highest BCUT2D eigenvalue weighted by molar-refractivity contribution is 5.53. The van der Waals surface area contributed by atoms with E-state index in [0.29, 0.717) is 0 Å². The first-order valence-corrected chi connectivity index (χ1v) is 8.09. The summed E-state index contributed by atoms with van der Waals surface area (Å²) in [7, 11) is 4.32. The van der Waals surface area contributed by atoms with Gasteiger partial charge in [0.25, 0.3) is 0 Å². The van der Waals surface area contributed by atoms with Crippen molar-refractivity contribution in [3.63, 3.8) is 0 Å². The molecule has 0 saturated carbocycles. The highest BCUT2D eigenvalue weighted by atomic mass is 15.3. The summed E-state index contributed by atoms with van der Waals surface area (Å²) in [5.74, 6) is 0. The van der Waals surface area contributed by atoms with E-state index in [0.717, 1.165) is 37.9 Å². The first-order chi connectivity index (χ1) is 10.1. The molecule has 1 aromatic rings. The molecule has 1 aromatic carbocycles. The van der Waals surface area contributed by atoms with Gasteiger partial charge in [0.05, 0.1) is 0 Å². The summed E-state index contributed by atoms with van der Waals surface area (Å²) < 4.78 is 0. The number of rotatable bonds is 6. The van der Waals surface area contributed by atoms with E-state index in [1.807, 2.05) is 12.1 Å². The van der Waals surface area contributed by atoms with E-state index < -0.39 is 0 Å². The average molecular weight is 290 g/mol. The van der Waals surface area contributed by atoms with Crippen molar-refractivity contribution in [3.05, 3.63) is 24.3 Å². The lowest BCUT2D eigenvalue weighted by Crippen LogP contribution is -2.50. The molecule has 1 saturated heterocycles. The second-order valence-corrected chi connectivity index (χ2v) is 6.27. The third kappa shape index (κ3) is 4.61. The summed E-state index contributed by atoms with van der Waals surface area (Å²) in [5.41, 5.74) is 7.90. The lowest BCUT2D eigenvalue weighted by molar-refractivity contribution is 0.161. The van der Waals surface area contributed by atoms with Gasteiger partial charge in [-0.05, 0) is 57.7 Å². The minimum atomic E-state index is 0.723. The Morgan fingerprint density at radius 2 is 1.71 bits per heavy atom. The number of nitrogen functional groups attached to an aromatic ring is 1. The number of hydrogen-bond acceptors (Lipinski definition) is 4. The van der Waals surface area contributed by atoms with E-state index in [1.165, 1.54) is 25.1 Å². The van der Waals surface area contributed by atoms with E-state index in [9.17, 15) is 0 Å². The smallest absolute Gasteiger partial charge is 0.0368 e. The van der Waals surface area contributed by atoms with Crippen LogP contribution in [0.1, 0.15) is 19.8 Å². The quantitative estimate of drug-likeness (QED) is 0.814. The molecule has 2 N–H and O–H groups in total. The average Bonchev–Trinajstić information content (AvgIpc) is 2.49. The third-order valence-electron chi connectivity index (χ3n) is 4.47. The molecule has 4 nitrogen and oxygen atoms in total. The molecule has 1 fully saturated rings. The highest BCUT2D eigenvalue weighted by Gasteiger charge is 2.22. The van der Waals surface area contributed by atoms with Crippen LogP contribution in [0.25, 0.3) is 0 Å². The standard InChI is InChI=1S/C17H30N4/c1-4-16(9-10-19(2)3)20-11-13-21(14-12-20)17-7-5-15(18)6-8-17/h5-8,16H,4,9-14,18H2,1-3H3. The molecule has 2 rings (SSSR count). The number of nitrogens with zero attached hydrogens (tertiary/aromatic N) is 3. The topological polar surface area (TPSA) is 35.7 Å². The van der Waals surface area contributed by atoms with Crippen LogP contribution in [0.3, 0.4) is 0 Å². The molecule has 0 bridgehead atoms. The minimum Gasteiger partial charge on any atom is -0.399 e. The number of piperazine rings is 1. The predicted molar refractivity (Wildman–Crippen MR) is 91.9 cm³/mol. The summed E-state index contributed by atoms with van der Waals surface area (Å²) in [6, 6.07) is 8.98. The molecule has 0 aliphatic carbocycles. The van der Waals surface area contributed by atoms with Crippen molar-refractivity contribution in [1.82, 2.24) is 9.80 Å². The van der Waals surface area contributed by atoms with Gasteiger partial charge in [-0.25, -0.2) is 0 Å². The van der Waals surface area contributed by atoms with Crippen molar-refractivity contribution in [2.45, 2.75) is 25.8 Å². The zero-order valence-corrected chi connectivity index (χ0v) is 13.8. The molecular formula is C17H30N4. The Bertz CT molecular complexity index is 407. The van der Waals surface area contributed by atoms with Gasteiger partial charge in [-0.15, -0.1) is 0 Å². The van der Waals surface area contributed by atoms with Crippen LogP contribution in [0.4, 0.5) is 11.4 Å². The molecule has 21 heavy (non-hydrogen) atoms. The normalized spacial score (nSPS) is 18.2. The Hall–Kier alpha value is -1.26. The molecule has 0 amide bonds. The second-order valence-electron chi connectivity index (χ2n) is 6.27. The maximum absolute atomic E-state index is 5.76. The summed E-state index contributed by atoms with van der Waals surface area (Å²) in [5, 5.41) is 0. The van der Waals surface area contributed by atoms with Crippen LogP contribution in [-0.2, 0) is 0 Å². The zero-order chi connectivity index (χ0) is 15.2. The summed E-state index contributed by atoms with van der Waals surface area (Å²) >= 11 is 0. The third-order valence-corrected chi connectivity index (χ3v) is 4.47. The zero-order valence-electron chi connectivity index (χ0n) is 13.8. The van der Waals surface area contributed by atoms with Crippen molar-refractivity contribution >= 4 is 11.4 Å². The fourth-order valence-corrected chi connectivity index (χ4v) is 3.08. The second kappa shape index (κ2) is 7.66. The Balaban J connectivity index is 1.85. The van der Waals surface area contributed by atoms with E-state index in [1.54, 1.807) is 0 Å². The Morgan fingerprint density at radius 3 is 2.24 bits per heavy atom. The van der Waals surface area contributed by atoms with Gasteiger partial charge in [0.2, 0.25) is 0 Å². The molecule has 4 heteroatoms. The van der Waals surface area contributed by atoms with Crippen molar-refractivity contribution in [2.24, 2.45) is 0 Å². The maximum Gasteiger partial charge on any atom is 0.0368 e. The van der Waals surface area contributed by atoms with Crippen molar-refractivity contribution < 1.29 is 0 Å². The Labute approximate surface area is 129 Å². The van der Waals surface area contributed by atoms with Gasteiger partial charge < -0.3 is 15.5 Å². The van der Waals surface area contributed by atoms with Crippen LogP contribution in [0.5, 0.6) is 0 Å². The largest absolute Gasteiger partial charge is 0.399 e. The first kappa shape index (κ1) is 16.1. The highest BCUT2D eigenvalue weighted by Crippen LogP contribution is 2.20. The molecule has 1 heterocycles. The lowest BCUT2D eigenvalue weighted by Gasteiger charge is -2.40. The minimum absolute atomic E-state index is 0.723. The van der Waals surface area contributed by atoms with Gasteiger partial charge in [0, 0.05) is 43.6 Å². The fraction of sp³-hybridized carbons (Fsp3) is 0.647. The predicted octanol–water partition coefficient (Wildman–Crippen LogP) is 2.12. The fourth-order valence-electron chi connectivity index (χ4n) is 3.08. The Kier molecular flexibility index (Phi) is 5.88. The molecule has 0 radical (unpaired) electrons. The molecule has 1 aliphatic heterocycles. The SMILES string of the molecule is CCC(CCN(C)C)N1CCN(c2ccc(N)cc2)CC1. The van der Waals surface area contributed by atoms with Gasteiger partial charge in [-0.1, -0.05) is 6.92 Å². The van der Waals surface area contributed by atoms with Crippen LogP contribution in [-0.4, -0.2) is 62.7 Å². The van der Waals surface area contributed by atoms with Crippen molar-refractivity contribution in [2.75, 3.05) is 57.5 Å². The molecule has 1 unspecified atom stereocenters. The molecular weight excluding hydrogens is 260 g/mol. The molecule has 1 atom stereocenters. The van der Waals surface area contributed by atoms with Crippen LogP contribution in [0.15, 0.2) is 24.3 Å². The number of anilines is 2. The summed E-state index contributed by atoms with van der Waals surface area (Å²) in [6.07, 6.45) is 2.51. The van der Waals surface area contributed by atoms with Gasteiger partial charge in [-0.3, -0.25) is 4.90 Å². The Morgan fingerprint density at radius 1 is 1.10 bits per heavy atom. The molecule has 118 valence electrons. The lowest BCUT2D eigenvalue weighted by atomic mass is 10.1. The van der Waals surface area contributed by atoms with E-state index in [4.69, 9.17) is 5.73 Å². The molecule has 0 aromatic heterocycles. The van der Waals surface area contributed by atoms with Crippen molar-refractivity contribution in [3.8, 4) is 0 Å². The van der Waals surface area contributed by atoms with Crippen LogP contribution in [0, 0.1) is 0 Å². The summed E-state index contributed by atoms with van der Waals surface area (Å²) in [4.78, 5) is 7.42. The van der Waals surface area contributed by atoms with E-state index in [2.05, 4.69) is 47.9 Å². The van der Waals surface area contributed by atoms with Crippen LogP contribution >= 0.6 is 0 Å². The first-order valence-electron chi connectivity index (χ1n) is 8.09. The van der Waals surface area contributed by atoms with Gasteiger partial charge in [-0.2, -0.15) is 0 Å². The number of benzene rings is 1. The van der Waals surface area contributed by atoms with Crippen LogP contribution < -0.4 is 10.6 Å². The summed E-state index contributed by atoms with van der Waals surface area (Å²) in [6.45, 7) is 8.04. The monoisotopic (exact) mass is 290 g/mol. The molecule has 0 spiro atoms. The maximum atomic E-state index is 5.76.